The van der Waals surface area contributed by atoms with Crippen molar-refractivity contribution in [2.45, 2.75) is 39.5 Å². The third kappa shape index (κ3) is 4.12. The fourth-order valence-electron chi connectivity index (χ4n) is 2.16. The summed E-state index contributed by atoms with van der Waals surface area (Å²) in [6.07, 6.45) is 3.64. The van der Waals surface area contributed by atoms with Gasteiger partial charge in [0.05, 0.1) is 5.52 Å². The summed E-state index contributed by atoms with van der Waals surface area (Å²) in [7, 11) is 0. The number of anilines is 1. The molecule has 2 aromatic rings. The molecule has 1 aromatic heterocycles. The maximum atomic E-state index is 11.8. The van der Waals surface area contributed by atoms with Crippen LogP contribution < -0.4 is 5.32 Å². The van der Waals surface area contributed by atoms with Gasteiger partial charge in [0.1, 0.15) is 5.69 Å². The van der Waals surface area contributed by atoms with Gasteiger partial charge in [-0.3, -0.25) is 9.59 Å². The number of carbonyl (C=O) groups is 2. The van der Waals surface area contributed by atoms with Gasteiger partial charge in [0.2, 0.25) is 5.91 Å². The normalized spacial score (nSPS) is 10.6. The number of ketones is 1. The maximum Gasteiger partial charge on any atom is 0.224 e. The highest BCUT2D eigenvalue weighted by atomic mass is 16.1. The average molecular weight is 284 g/mol. The lowest BCUT2D eigenvalue weighted by molar-refractivity contribution is -0.116. The molecule has 4 nitrogen and oxygen atoms in total. The number of carbonyl (C=O) groups excluding carboxylic acids is 2. The number of amides is 1. The molecule has 0 bridgehead atoms. The zero-order valence-electron chi connectivity index (χ0n) is 12.5. The van der Waals surface area contributed by atoms with E-state index < -0.39 is 0 Å². The lowest BCUT2D eigenvalue weighted by atomic mass is 10.1. The number of pyridine rings is 1. The van der Waals surface area contributed by atoms with E-state index in [4.69, 9.17) is 0 Å². The van der Waals surface area contributed by atoms with Crippen molar-refractivity contribution >= 4 is 28.3 Å². The first kappa shape index (κ1) is 15.2. The Morgan fingerprint density at radius 2 is 1.95 bits per heavy atom. The number of fused-ring (bicyclic) bond motifs is 1. The first-order chi connectivity index (χ1) is 10.1. The first-order valence-electron chi connectivity index (χ1n) is 7.31. The van der Waals surface area contributed by atoms with Crippen molar-refractivity contribution in [3.63, 3.8) is 0 Å². The Morgan fingerprint density at radius 3 is 2.67 bits per heavy atom. The molecule has 0 spiro atoms. The van der Waals surface area contributed by atoms with Crippen LogP contribution in [0, 0.1) is 0 Å². The van der Waals surface area contributed by atoms with Gasteiger partial charge in [-0.1, -0.05) is 25.8 Å². The number of Topliss-reactive ketones (excluding diaryl/α,β-unsaturated/α-hetero) is 1. The number of aromatic nitrogens is 1. The fraction of sp³-hybridized carbons (Fsp3) is 0.353. The number of rotatable bonds is 6. The lowest BCUT2D eigenvalue weighted by Gasteiger charge is -2.07. The van der Waals surface area contributed by atoms with Crippen molar-refractivity contribution in [1.29, 1.82) is 0 Å². The monoisotopic (exact) mass is 284 g/mol. The molecule has 0 aliphatic carbocycles. The summed E-state index contributed by atoms with van der Waals surface area (Å²) in [5, 5.41) is 3.81. The van der Waals surface area contributed by atoms with E-state index in [2.05, 4.69) is 17.2 Å². The van der Waals surface area contributed by atoms with Gasteiger partial charge < -0.3 is 5.32 Å². The number of hydrogen-bond donors (Lipinski definition) is 1. The van der Waals surface area contributed by atoms with Crippen LogP contribution in [-0.4, -0.2) is 16.7 Å². The second-order valence-corrected chi connectivity index (χ2v) is 5.17. The number of hydrogen-bond acceptors (Lipinski definition) is 3. The van der Waals surface area contributed by atoms with Gasteiger partial charge in [0.15, 0.2) is 5.78 Å². The van der Waals surface area contributed by atoms with Crippen molar-refractivity contribution in [2.24, 2.45) is 0 Å². The molecule has 1 amide bonds. The molecular formula is C17H20N2O2. The molecule has 1 heterocycles. The highest BCUT2D eigenvalue weighted by molar-refractivity contribution is 5.96. The summed E-state index contributed by atoms with van der Waals surface area (Å²) < 4.78 is 0. The Labute approximate surface area is 124 Å². The molecule has 1 aromatic carbocycles. The largest absolute Gasteiger partial charge is 0.326 e. The van der Waals surface area contributed by atoms with Gasteiger partial charge in [-0.25, -0.2) is 4.98 Å². The van der Waals surface area contributed by atoms with Crippen molar-refractivity contribution in [3.05, 3.63) is 36.0 Å². The van der Waals surface area contributed by atoms with Gasteiger partial charge in [-0.05, 0) is 30.7 Å². The number of benzene rings is 1. The third-order valence-corrected chi connectivity index (χ3v) is 3.34. The van der Waals surface area contributed by atoms with Crippen molar-refractivity contribution in [1.82, 2.24) is 4.98 Å². The molecule has 1 N–H and O–H groups in total. The molecule has 0 aliphatic heterocycles. The second kappa shape index (κ2) is 6.97. The lowest BCUT2D eigenvalue weighted by Crippen LogP contribution is -2.11. The average Bonchev–Trinajstić information content (AvgIpc) is 2.46. The highest BCUT2D eigenvalue weighted by Crippen LogP contribution is 2.19. The van der Waals surface area contributed by atoms with E-state index >= 15 is 0 Å². The van der Waals surface area contributed by atoms with Gasteiger partial charge in [-0.2, -0.15) is 0 Å². The molecule has 0 aliphatic rings. The van der Waals surface area contributed by atoms with Crippen molar-refractivity contribution < 1.29 is 9.59 Å². The zero-order valence-corrected chi connectivity index (χ0v) is 12.5. The van der Waals surface area contributed by atoms with Crippen LogP contribution in [0.1, 0.15) is 50.0 Å². The second-order valence-electron chi connectivity index (χ2n) is 5.17. The topological polar surface area (TPSA) is 59.1 Å². The Kier molecular flexibility index (Phi) is 5.04. The van der Waals surface area contributed by atoms with E-state index in [0.717, 1.165) is 35.9 Å². The van der Waals surface area contributed by atoms with E-state index in [1.165, 1.54) is 6.92 Å². The molecule has 0 atom stereocenters. The van der Waals surface area contributed by atoms with Crippen LogP contribution in [0.5, 0.6) is 0 Å². The van der Waals surface area contributed by atoms with Crippen molar-refractivity contribution in [3.8, 4) is 0 Å². The minimum absolute atomic E-state index is 0.0381. The van der Waals surface area contributed by atoms with Crippen LogP contribution in [0.2, 0.25) is 0 Å². The Morgan fingerprint density at radius 1 is 1.14 bits per heavy atom. The van der Waals surface area contributed by atoms with Crippen LogP contribution >= 0.6 is 0 Å². The minimum atomic E-state index is -0.0507. The molecule has 2 rings (SSSR count). The molecule has 21 heavy (non-hydrogen) atoms. The van der Waals surface area contributed by atoms with Gasteiger partial charge >= 0.3 is 0 Å². The zero-order chi connectivity index (χ0) is 15.2. The van der Waals surface area contributed by atoms with Crippen LogP contribution in [0.25, 0.3) is 10.9 Å². The molecule has 0 saturated carbocycles. The van der Waals surface area contributed by atoms with Crippen molar-refractivity contribution in [2.75, 3.05) is 5.32 Å². The first-order valence-corrected chi connectivity index (χ1v) is 7.31. The molecule has 0 fully saturated rings. The van der Waals surface area contributed by atoms with Crippen LogP contribution in [0.4, 0.5) is 5.69 Å². The number of nitrogens with one attached hydrogen (secondary N) is 1. The fourth-order valence-corrected chi connectivity index (χ4v) is 2.16. The van der Waals surface area contributed by atoms with Crippen LogP contribution in [0.3, 0.4) is 0 Å². The Balaban J connectivity index is 2.10. The molecule has 4 heteroatoms. The van der Waals surface area contributed by atoms with Gasteiger partial charge in [-0.15, -0.1) is 0 Å². The van der Waals surface area contributed by atoms with E-state index in [0.29, 0.717) is 12.1 Å². The van der Waals surface area contributed by atoms with Crippen LogP contribution in [-0.2, 0) is 4.79 Å². The maximum absolute atomic E-state index is 11.8. The smallest absolute Gasteiger partial charge is 0.224 e. The summed E-state index contributed by atoms with van der Waals surface area (Å²) in [6.45, 7) is 3.61. The quantitative estimate of drug-likeness (QED) is 0.645. The summed E-state index contributed by atoms with van der Waals surface area (Å²) in [5.41, 5.74) is 1.98. The highest BCUT2D eigenvalue weighted by Gasteiger charge is 2.05. The van der Waals surface area contributed by atoms with E-state index in [-0.39, 0.29) is 11.7 Å². The summed E-state index contributed by atoms with van der Waals surface area (Å²) in [6, 6.07) is 9.08. The summed E-state index contributed by atoms with van der Waals surface area (Å²) in [5.74, 6) is -0.0127. The molecule has 0 radical (unpaired) electrons. The van der Waals surface area contributed by atoms with Gasteiger partial charge in [0, 0.05) is 24.4 Å². The minimum Gasteiger partial charge on any atom is -0.326 e. The standard InChI is InChI=1S/C17H20N2O2/c1-3-4-5-6-17(21)18-14-8-10-16-13(11-14)7-9-15(19-16)12(2)20/h7-11H,3-6H2,1-2H3,(H,18,21). The van der Waals surface area contributed by atoms with E-state index in [1.807, 2.05) is 24.3 Å². The summed E-state index contributed by atoms with van der Waals surface area (Å²) in [4.78, 5) is 27.4. The predicted octanol–water partition coefficient (Wildman–Crippen LogP) is 3.96. The third-order valence-electron chi connectivity index (χ3n) is 3.34. The molecule has 0 unspecified atom stereocenters. The molecular weight excluding hydrogens is 264 g/mol. The number of unbranched alkanes of at least 4 members (excludes halogenated alkanes) is 2. The summed E-state index contributed by atoms with van der Waals surface area (Å²) >= 11 is 0. The SMILES string of the molecule is CCCCCC(=O)Nc1ccc2nc(C(C)=O)ccc2c1. The predicted molar refractivity (Wildman–Crippen MR) is 84.5 cm³/mol. The number of nitrogens with zero attached hydrogens (tertiary/aromatic N) is 1. The molecule has 0 saturated heterocycles. The molecule has 110 valence electrons. The Bertz CT molecular complexity index is 665. The van der Waals surface area contributed by atoms with Crippen LogP contribution in [0.15, 0.2) is 30.3 Å². The van der Waals surface area contributed by atoms with E-state index in [1.54, 1.807) is 6.07 Å². The Hall–Kier alpha value is -2.23. The van der Waals surface area contributed by atoms with Gasteiger partial charge in [0.25, 0.3) is 0 Å². The van der Waals surface area contributed by atoms with E-state index in [9.17, 15) is 9.59 Å².